The molecule has 2 aliphatic heterocycles. The van der Waals surface area contributed by atoms with Gasteiger partial charge in [-0.1, -0.05) is 18.2 Å². The zero-order chi connectivity index (χ0) is 30.7. The van der Waals surface area contributed by atoms with Crippen molar-refractivity contribution >= 4 is 91.7 Å². The predicted octanol–water partition coefficient (Wildman–Crippen LogP) is 6.29. The first-order chi connectivity index (χ1) is 21.2. The molecule has 4 heterocycles. The van der Waals surface area contributed by atoms with Crippen LogP contribution in [0, 0.1) is 13.8 Å². The summed E-state index contributed by atoms with van der Waals surface area (Å²) in [5.74, 6) is -1.55. The minimum atomic E-state index is -0.605. The quantitative estimate of drug-likeness (QED) is 0.104. The van der Waals surface area contributed by atoms with Crippen LogP contribution in [0.15, 0.2) is 92.2 Å². The number of thiocarbonyl (C=S) groups is 1. The first kappa shape index (κ1) is 27.9. The molecule has 1 fully saturated rings. The van der Waals surface area contributed by atoms with Gasteiger partial charge in [-0.05, 0) is 110 Å². The first-order valence-corrected chi connectivity index (χ1v) is 15.4. The molecular weight excluding hydrogens is 617 g/mol. The third-order valence-corrected chi connectivity index (χ3v) is 9.33. The molecule has 4 amide bonds. The van der Waals surface area contributed by atoms with Gasteiger partial charge in [-0.15, -0.1) is 11.3 Å². The molecule has 216 valence electrons. The zero-order valence-electron chi connectivity index (χ0n) is 23.1. The Hall–Kier alpha value is -4.91. The average molecular weight is 637 g/mol. The van der Waals surface area contributed by atoms with E-state index < -0.39 is 11.8 Å². The van der Waals surface area contributed by atoms with Gasteiger partial charge in [0.05, 0.1) is 32.7 Å². The second-order valence-electron chi connectivity index (χ2n) is 10.2. The normalized spacial score (nSPS) is 16.0. The van der Waals surface area contributed by atoms with E-state index in [4.69, 9.17) is 16.6 Å². The van der Waals surface area contributed by atoms with Gasteiger partial charge in [-0.3, -0.25) is 29.4 Å². The van der Waals surface area contributed by atoms with E-state index in [0.717, 1.165) is 15.8 Å². The number of furan rings is 1. The highest BCUT2D eigenvalue weighted by Crippen LogP contribution is 2.38. The van der Waals surface area contributed by atoms with Crippen LogP contribution < -0.4 is 15.1 Å². The lowest BCUT2D eigenvalue weighted by Gasteiger charge is -2.29. The van der Waals surface area contributed by atoms with Crippen LogP contribution in [-0.2, 0) is 9.59 Å². The van der Waals surface area contributed by atoms with Crippen LogP contribution in [0.1, 0.15) is 37.6 Å². The Kier molecular flexibility index (Phi) is 6.76. The van der Waals surface area contributed by atoms with E-state index in [9.17, 15) is 19.2 Å². The maximum atomic E-state index is 13.4. The highest BCUT2D eigenvalue weighted by atomic mass is 32.2. The number of rotatable bonds is 5. The Morgan fingerprint density at radius 1 is 0.841 bits per heavy atom. The lowest BCUT2D eigenvalue weighted by Crippen LogP contribution is -2.54. The molecule has 44 heavy (non-hydrogen) atoms. The largest absolute Gasteiger partial charge is 0.450 e. The Balaban J connectivity index is 1.12. The SMILES string of the molecule is Cc1cc(C)cc(N2C(=O)/C(=C/c3ccc(Sc4nc5ccc(N6C(=O)c7ccccc7C6=O)cc5s4)o3)C(=O)NC2=S)c1. The first-order valence-electron chi connectivity index (χ1n) is 13.3. The van der Waals surface area contributed by atoms with E-state index >= 15 is 0 Å². The van der Waals surface area contributed by atoms with Crippen LogP contribution in [-0.4, -0.2) is 33.7 Å². The van der Waals surface area contributed by atoms with Crippen molar-refractivity contribution in [1.29, 1.82) is 0 Å². The molecule has 12 heteroatoms. The molecule has 0 unspecified atom stereocenters. The van der Waals surface area contributed by atoms with E-state index in [1.54, 1.807) is 54.6 Å². The number of fused-ring (bicyclic) bond motifs is 2. The van der Waals surface area contributed by atoms with E-state index in [-0.39, 0.29) is 22.5 Å². The fraction of sp³-hybridized carbons (Fsp3) is 0.0625. The smallest absolute Gasteiger partial charge is 0.270 e. The molecule has 0 radical (unpaired) electrons. The second-order valence-corrected chi connectivity index (χ2v) is 12.9. The van der Waals surface area contributed by atoms with Gasteiger partial charge < -0.3 is 4.42 Å². The molecule has 0 saturated carbocycles. The Morgan fingerprint density at radius 2 is 1.55 bits per heavy atom. The van der Waals surface area contributed by atoms with Crippen LogP contribution in [0.4, 0.5) is 11.4 Å². The van der Waals surface area contributed by atoms with E-state index in [1.165, 1.54) is 39.0 Å². The third kappa shape index (κ3) is 4.82. The number of hydrogen-bond donors (Lipinski definition) is 1. The number of anilines is 2. The van der Waals surface area contributed by atoms with Gasteiger partial charge in [-0.2, -0.15) is 0 Å². The fourth-order valence-electron chi connectivity index (χ4n) is 5.17. The predicted molar refractivity (Wildman–Crippen MR) is 172 cm³/mol. The van der Waals surface area contributed by atoms with Gasteiger partial charge in [0, 0.05) is 0 Å². The molecule has 0 aliphatic carbocycles. The number of hydrogen-bond acceptors (Lipinski definition) is 9. The third-order valence-electron chi connectivity index (χ3n) is 7.05. The molecule has 2 aliphatic rings. The lowest BCUT2D eigenvalue weighted by molar-refractivity contribution is -0.122. The molecule has 9 nitrogen and oxygen atoms in total. The summed E-state index contributed by atoms with van der Waals surface area (Å²) in [6, 6.07) is 21.0. The Labute approximate surface area is 264 Å². The van der Waals surface area contributed by atoms with Crippen molar-refractivity contribution in [2.45, 2.75) is 23.3 Å². The van der Waals surface area contributed by atoms with Crippen molar-refractivity contribution in [2.24, 2.45) is 0 Å². The van der Waals surface area contributed by atoms with Gasteiger partial charge in [0.1, 0.15) is 11.3 Å². The fourth-order valence-corrected chi connectivity index (χ4v) is 7.45. The number of thiazole rings is 1. The molecule has 7 rings (SSSR count). The second kappa shape index (κ2) is 10.7. The molecule has 2 aromatic heterocycles. The van der Waals surface area contributed by atoms with E-state index in [0.29, 0.717) is 43.2 Å². The van der Waals surface area contributed by atoms with Crippen molar-refractivity contribution < 1.29 is 23.6 Å². The number of imide groups is 1. The zero-order valence-corrected chi connectivity index (χ0v) is 25.6. The maximum Gasteiger partial charge on any atom is 0.270 e. The molecule has 3 aromatic carbocycles. The average Bonchev–Trinajstić information content (AvgIpc) is 3.66. The summed E-state index contributed by atoms with van der Waals surface area (Å²) in [5, 5.41) is 3.11. The monoisotopic (exact) mass is 636 g/mol. The Morgan fingerprint density at radius 3 is 2.25 bits per heavy atom. The molecule has 5 aromatic rings. The van der Waals surface area contributed by atoms with Crippen LogP contribution in [0.25, 0.3) is 16.3 Å². The van der Waals surface area contributed by atoms with Crippen molar-refractivity contribution in [3.05, 3.63) is 106 Å². The van der Waals surface area contributed by atoms with E-state index in [1.807, 2.05) is 32.0 Å². The van der Waals surface area contributed by atoms with Gasteiger partial charge in [0.25, 0.3) is 23.6 Å². The van der Waals surface area contributed by atoms with Gasteiger partial charge in [-0.25, -0.2) is 9.88 Å². The summed E-state index contributed by atoms with van der Waals surface area (Å²) in [7, 11) is 0. The minimum absolute atomic E-state index is 0.0137. The molecule has 0 bridgehead atoms. The van der Waals surface area contributed by atoms with Crippen molar-refractivity contribution in [3.8, 4) is 0 Å². The molecule has 0 atom stereocenters. The van der Waals surface area contributed by atoms with Crippen LogP contribution in [0.2, 0.25) is 0 Å². The molecular formula is C32H20N4O5S3. The highest BCUT2D eigenvalue weighted by molar-refractivity contribution is 8.01. The van der Waals surface area contributed by atoms with Crippen molar-refractivity contribution in [2.75, 3.05) is 9.80 Å². The van der Waals surface area contributed by atoms with Crippen LogP contribution in [0.3, 0.4) is 0 Å². The van der Waals surface area contributed by atoms with Crippen molar-refractivity contribution in [1.82, 2.24) is 10.3 Å². The summed E-state index contributed by atoms with van der Waals surface area (Å²) in [6.07, 6.45) is 1.39. The maximum absolute atomic E-state index is 13.4. The summed E-state index contributed by atoms with van der Waals surface area (Å²) < 4.78 is 7.40. The van der Waals surface area contributed by atoms with Crippen LogP contribution in [0.5, 0.6) is 0 Å². The number of nitrogens with zero attached hydrogens (tertiary/aromatic N) is 3. The number of carbonyl (C=O) groups excluding carboxylic acids is 4. The minimum Gasteiger partial charge on any atom is -0.450 e. The number of amides is 4. The highest BCUT2D eigenvalue weighted by Gasteiger charge is 2.37. The van der Waals surface area contributed by atoms with Crippen LogP contribution >= 0.6 is 35.3 Å². The van der Waals surface area contributed by atoms with Crippen molar-refractivity contribution in [3.63, 3.8) is 0 Å². The number of nitrogens with one attached hydrogen (secondary N) is 1. The molecule has 1 N–H and O–H groups in total. The number of benzene rings is 3. The molecule has 1 saturated heterocycles. The van der Waals surface area contributed by atoms with Gasteiger partial charge >= 0.3 is 0 Å². The number of aromatic nitrogens is 1. The standard InChI is InChI=1S/C32H20N4O5S3/c1-16-11-17(2)13-19(12-16)36-30(40)23(27(37)34-31(36)42)15-20-8-10-26(41-20)44-32-33-24-9-7-18(14-25(24)43-32)35-28(38)21-5-3-4-6-22(21)29(35)39/h3-15H,1-2H3,(H,34,37,42)/b23-15+. The molecule has 0 spiro atoms. The topological polar surface area (TPSA) is 113 Å². The summed E-state index contributed by atoms with van der Waals surface area (Å²) in [6.45, 7) is 3.84. The summed E-state index contributed by atoms with van der Waals surface area (Å²) in [4.78, 5) is 59.1. The van der Waals surface area contributed by atoms with E-state index in [2.05, 4.69) is 10.3 Å². The summed E-state index contributed by atoms with van der Waals surface area (Å²) in [5.41, 5.74) is 4.33. The van der Waals surface area contributed by atoms with Gasteiger partial charge in [0.2, 0.25) is 0 Å². The number of aryl methyl sites for hydroxylation is 2. The summed E-state index contributed by atoms with van der Waals surface area (Å²) >= 11 is 7.98. The number of carbonyl (C=O) groups is 4. The van der Waals surface area contributed by atoms with Gasteiger partial charge in [0.15, 0.2) is 14.5 Å². The lowest BCUT2D eigenvalue weighted by atomic mass is 10.1. The Bertz CT molecular complexity index is 2070.